The fourth-order valence-electron chi connectivity index (χ4n) is 3.03. The summed E-state index contributed by atoms with van der Waals surface area (Å²) in [5, 5.41) is 0. The summed E-state index contributed by atoms with van der Waals surface area (Å²) >= 11 is 0. The molecule has 0 atom stereocenters. The molecule has 0 aromatic heterocycles. The lowest BCUT2D eigenvalue weighted by Crippen LogP contribution is -2.56. The number of hydrogen-bond acceptors (Lipinski definition) is 5. The largest absolute Gasteiger partial charge is 0.490 e. The van der Waals surface area contributed by atoms with Crippen LogP contribution in [0.1, 0.15) is 29.8 Å². The van der Waals surface area contributed by atoms with Gasteiger partial charge in [0.2, 0.25) is 0 Å². The van der Waals surface area contributed by atoms with Crippen molar-refractivity contribution in [1.82, 2.24) is 4.90 Å². The summed E-state index contributed by atoms with van der Waals surface area (Å²) < 4.78 is 73.0. The maximum absolute atomic E-state index is 12.9. The molecule has 2 aromatic rings. The van der Waals surface area contributed by atoms with E-state index >= 15 is 0 Å². The quantitative estimate of drug-likeness (QED) is 0.660. The summed E-state index contributed by atoms with van der Waals surface area (Å²) in [6.45, 7) is 4.00. The van der Waals surface area contributed by atoms with Gasteiger partial charge in [-0.1, -0.05) is 0 Å². The minimum Gasteiger partial charge on any atom is -0.490 e. The summed E-state index contributed by atoms with van der Waals surface area (Å²) in [5.41, 5.74) is -0.640. The number of carbonyl (C=O) groups is 1. The van der Waals surface area contributed by atoms with Gasteiger partial charge >= 0.3 is 6.18 Å². The third-order valence-corrected chi connectivity index (χ3v) is 5.70. The molecule has 6 nitrogen and oxygen atoms in total. The lowest BCUT2D eigenvalue weighted by Gasteiger charge is -2.39. The first-order valence-electron chi connectivity index (χ1n) is 9.48. The molecule has 0 aliphatic carbocycles. The van der Waals surface area contributed by atoms with Crippen LogP contribution >= 0.6 is 0 Å². The first-order chi connectivity index (χ1) is 14.3. The molecule has 1 amide bonds. The van der Waals surface area contributed by atoms with Gasteiger partial charge < -0.3 is 14.4 Å². The maximum atomic E-state index is 12.9. The molecule has 1 saturated heterocycles. The molecule has 1 aliphatic rings. The minimum absolute atomic E-state index is 0.00466. The van der Waals surface area contributed by atoms with E-state index in [1.807, 2.05) is 0 Å². The molecule has 0 bridgehead atoms. The summed E-state index contributed by atoms with van der Waals surface area (Å²) in [6.07, 6.45) is -3.97. The van der Waals surface area contributed by atoms with Crippen LogP contribution in [0.5, 0.6) is 11.5 Å². The van der Waals surface area contributed by atoms with Crippen LogP contribution in [0, 0.1) is 0 Å². The van der Waals surface area contributed by atoms with Crippen LogP contribution in [-0.2, 0) is 16.0 Å². The van der Waals surface area contributed by atoms with Crippen molar-refractivity contribution in [3.8, 4) is 11.5 Å². The Hall–Kier alpha value is -2.75. The first kappa shape index (κ1) is 22.9. The Kier molecular flexibility index (Phi) is 6.22. The number of likely N-dealkylation sites (tertiary alicyclic amines) is 1. The zero-order valence-electron chi connectivity index (χ0n) is 17.1. The highest BCUT2D eigenvalue weighted by atomic mass is 32.2. The van der Waals surface area contributed by atoms with Crippen molar-refractivity contribution in [2.24, 2.45) is 0 Å². The van der Waals surface area contributed by atoms with E-state index in [0.29, 0.717) is 0 Å². The van der Waals surface area contributed by atoms with Gasteiger partial charge in [-0.25, -0.2) is 8.42 Å². The smallest absolute Gasteiger partial charge is 0.416 e. The lowest BCUT2D eigenvalue weighted by atomic mass is 10.1. The second kappa shape index (κ2) is 8.41. The van der Waals surface area contributed by atoms with Crippen LogP contribution < -0.4 is 9.47 Å². The van der Waals surface area contributed by atoms with Crippen molar-refractivity contribution in [3.63, 3.8) is 0 Å². The summed E-state index contributed by atoms with van der Waals surface area (Å²) in [5.74, 6) is 0.140. The second-order valence-corrected chi connectivity index (χ2v) is 9.58. The van der Waals surface area contributed by atoms with E-state index in [4.69, 9.17) is 9.47 Å². The van der Waals surface area contributed by atoms with Crippen molar-refractivity contribution >= 4 is 15.7 Å². The number of sulfone groups is 1. The summed E-state index contributed by atoms with van der Waals surface area (Å²) in [6, 6.07) is 8.47. The zero-order chi connectivity index (χ0) is 23.0. The number of halogens is 3. The predicted molar refractivity (Wildman–Crippen MR) is 107 cm³/mol. The minimum atomic E-state index is -4.42. The van der Waals surface area contributed by atoms with E-state index in [1.54, 1.807) is 13.8 Å². The van der Waals surface area contributed by atoms with E-state index in [-0.39, 0.29) is 47.3 Å². The van der Waals surface area contributed by atoms with Crippen LogP contribution in [0.25, 0.3) is 0 Å². The molecule has 1 heterocycles. The molecule has 1 fully saturated rings. The highest BCUT2D eigenvalue weighted by Crippen LogP contribution is 2.31. The molecule has 0 saturated carbocycles. The van der Waals surface area contributed by atoms with Gasteiger partial charge in [0.25, 0.3) is 5.91 Å². The molecule has 1 aliphatic heterocycles. The summed E-state index contributed by atoms with van der Waals surface area (Å²) in [7, 11) is -3.52. The third kappa shape index (κ3) is 5.49. The average Bonchev–Trinajstić information content (AvgIpc) is 2.62. The molecule has 0 radical (unpaired) electrons. The van der Waals surface area contributed by atoms with Crippen LogP contribution in [0.15, 0.2) is 47.4 Å². The van der Waals surface area contributed by atoms with E-state index in [2.05, 4.69) is 0 Å². The molecular weight excluding hydrogens is 435 g/mol. The average molecular weight is 457 g/mol. The monoisotopic (exact) mass is 457 g/mol. The molecule has 10 heteroatoms. The van der Waals surface area contributed by atoms with Crippen LogP contribution in [0.2, 0.25) is 0 Å². The Morgan fingerprint density at radius 1 is 1.10 bits per heavy atom. The summed E-state index contributed by atoms with van der Waals surface area (Å²) in [4.78, 5) is 14.4. The number of benzene rings is 2. The Bertz CT molecular complexity index is 1060. The second-order valence-electron chi connectivity index (χ2n) is 7.57. The first-order valence-corrected chi connectivity index (χ1v) is 11.4. The topological polar surface area (TPSA) is 72.9 Å². The molecule has 0 N–H and O–H groups in total. The Morgan fingerprint density at radius 2 is 1.71 bits per heavy atom. The number of alkyl halides is 3. The van der Waals surface area contributed by atoms with Crippen LogP contribution in [-0.4, -0.2) is 50.8 Å². The van der Waals surface area contributed by atoms with Gasteiger partial charge in [-0.3, -0.25) is 4.79 Å². The van der Waals surface area contributed by atoms with Crippen molar-refractivity contribution in [3.05, 3.63) is 53.6 Å². The van der Waals surface area contributed by atoms with Gasteiger partial charge in [0.15, 0.2) is 9.84 Å². The van der Waals surface area contributed by atoms with Gasteiger partial charge in [-0.2, -0.15) is 13.2 Å². The Labute approximate surface area is 178 Å². The maximum Gasteiger partial charge on any atom is 0.416 e. The molecule has 31 heavy (non-hydrogen) atoms. The number of nitrogens with zero attached hydrogens (tertiary/aromatic N) is 1. The van der Waals surface area contributed by atoms with Crippen molar-refractivity contribution in [1.29, 1.82) is 0 Å². The predicted octanol–water partition coefficient (Wildman–Crippen LogP) is 3.80. The van der Waals surface area contributed by atoms with E-state index in [9.17, 15) is 26.4 Å². The van der Waals surface area contributed by atoms with Crippen molar-refractivity contribution in [2.75, 3.05) is 19.3 Å². The van der Waals surface area contributed by atoms with Gasteiger partial charge in [-0.15, -0.1) is 0 Å². The van der Waals surface area contributed by atoms with Gasteiger partial charge in [0.1, 0.15) is 17.6 Å². The SMILES string of the molecule is CC(C)Oc1ccc(S(C)(=O)=O)cc1C(=O)N1CC(Oc2ccc(C(F)(F)F)cc2)C1. The number of carbonyl (C=O) groups excluding carboxylic acids is 1. The molecular formula is C21H22F3NO5S. The number of rotatable bonds is 6. The van der Waals surface area contributed by atoms with E-state index < -0.39 is 27.5 Å². The van der Waals surface area contributed by atoms with Gasteiger partial charge in [0.05, 0.1) is 35.2 Å². The molecule has 168 valence electrons. The highest BCUT2D eigenvalue weighted by Gasteiger charge is 2.35. The normalized spacial score (nSPS) is 15.0. The number of ether oxygens (including phenoxy) is 2. The third-order valence-electron chi connectivity index (χ3n) is 4.59. The van der Waals surface area contributed by atoms with Crippen LogP contribution in [0.4, 0.5) is 13.2 Å². The van der Waals surface area contributed by atoms with Crippen LogP contribution in [0.3, 0.4) is 0 Å². The highest BCUT2D eigenvalue weighted by molar-refractivity contribution is 7.90. The Morgan fingerprint density at radius 3 is 2.23 bits per heavy atom. The standard InChI is InChI=1S/C21H22F3NO5S/c1-13(2)29-19-9-8-17(31(3,27)28)10-18(19)20(26)25-11-16(12-25)30-15-6-4-14(5-7-15)21(22,23)24/h4-10,13,16H,11-12H2,1-3H3. The molecule has 0 spiro atoms. The number of hydrogen-bond donors (Lipinski definition) is 0. The van der Waals surface area contributed by atoms with Crippen molar-refractivity contribution in [2.45, 2.75) is 37.1 Å². The molecule has 0 unspecified atom stereocenters. The lowest BCUT2D eigenvalue weighted by molar-refractivity contribution is -0.137. The molecule has 2 aromatic carbocycles. The Balaban J connectivity index is 1.69. The fraction of sp³-hybridized carbons (Fsp3) is 0.381. The van der Waals surface area contributed by atoms with Gasteiger partial charge in [-0.05, 0) is 56.3 Å². The van der Waals surface area contributed by atoms with Gasteiger partial charge in [0, 0.05) is 6.26 Å². The molecule has 3 rings (SSSR count). The number of amides is 1. The van der Waals surface area contributed by atoms with E-state index in [1.165, 1.54) is 35.2 Å². The zero-order valence-corrected chi connectivity index (χ0v) is 18.0. The van der Waals surface area contributed by atoms with E-state index in [0.717, 1.165) is 18.4 Å². The fourth-order valence-corrected chi connectivity index (χ4v) is 3.67. The van der Waals surface area contributed by atoms with Crippen molar-refractivity contribution < 1.29 is 35.9 Å².